The summed E-state index contributed by atoms with van der Waals surface area (Å²) in [7, 11) is 0. The molecule has 4 rings (SSSR count). The Bertz CT molecular complexity index is 751. The molecule has 0 saturated carbocycles. The first-order chi connectivity index (χ1) is 12.3. The highest BCUT2D eigenvalue weighted by atomic mass is 15.1. The maximum absolute atomic E-state index is 6.11. The van der Waals surface area contributed by atoms with Crippen LogP contribution in [0, 0.1) is 0 Å². The Hall–Kier alpha value is -2.30. The number of anilines is 1. The monoisotopic (exact) mass is 337 g/mol. The molecule has 0 atom stereocenters. The van der Waals surface area contributed by atoms with Crippen molar-refractivity contribution in [2.24, 2.45) is 10.7 Å². The lowest BCUT2D eigenvalue weighted by molar-refractivity contribution is 0.522. The number of aliphatic imine (C=N–C) groups is 1. The molecule has 0 bridgehead atoms. The van der Waals surface area contributed by atoms with Crippen molar-refractivity contribution < 1.29 is 0 Å². The standard InChI is InChI=1S/C20H27N5/c21-20(24-18-9-5-7-15-6-1-2-8-17(15)18)22-12-11-16-14-25-13-4-3-10-19(25)23-16/h5,7,9,14H,1-4,6,8,10-13H2,(H3,21,22,24). The Labute approximate surface area is 149 Å². The highest BCUT2D eigenvalue weighted by molar-refractivity contribution is 5.93. The average Bonchev–Trinajstić information content (AvgIpc) is 3.05. The molecule has 2 aliphatic rings. The molecule has 5 heteroatoms. The van der Waals surface area contributed by atoms with Crippen LogP contribution in [0.4, 0.5) is 5.69 Å². The average molecular weight is 337 g/mol. The zero-order chi connectivity index (χ0) is 17.1. The van der Waals surface area contributed by atoms with Crippen LogP contribution in [0.15, 0.2) is 29.4 Å². The van der Waals surface area contributed by atoms with Crippen molar-refractivity contribution in [1.82, 2.24) is 9.55 Å². The smallest absolute Gasteiger partial charge is 0.193 e. The molecular formula is C20H27N5. The molecule has 1 aromatic carbocycles. The van der Waals surface area contributed by atoms with Gasteiger partial charge in [0.2, 0.25) is 0 Å². The van der Waals surface area contributed by atoms with Gasteiger partial charge in [0, 0.05) is 37.8 Å². The molecule has 3 N–H and O–H groups in total. The second kappa shape index (κ2) is 7.30. The number of nitrogens with two attached hydrogens (primary N) is 1. The van der Waals surface area contributed by atoms with E-state index in [2.05, 4.69) is 39.3 Å². The van der Waals surface area contributed by atoms with Crippen LogP contribution in [0.1, 0.15) is 48.3 Å². The molecule has 2 heterocycles. The Kier molecular flexibility index (Phi) is 4.72. The quantitative estimate of drug-likeness (QED) is 0.665. The number of nitrogens with one attached hydrogen (secondary N) is 1. The van der Waals surface area contributed by atoms with E-state index in [1.165, 1.54) is 49.1 Å². The zero-order valence-electron chi connectivity index (χ0n) is 14.8. The van der Waals surface area contributed by atoms with Gasteiger partial charge < -0.3 is 15.6 Å². The van der Waals surface area contributed by atoms with Crippen LogP contribution < -0.4 is 11.1 Å². The van der Waals surface area contributed by atoms with Crippen molar-refractivity contribution >= 4 is 11.6 Å². The molecule has 0 spiro atoms. The highest BCUT2D eigenvalue weighted by Crippen LogP contribution is 2.27. The van der Waals surface area contributed by atoms with Gasteiger partial charge >= 0.3 is 0 Å². The fraction of sp³-hybridized carbons (Fsp3) is 0.500. The van der Waals surface area contributed by atoms with Crippen molar-refractivity contribution in [3.8, 4) is 0 Å². The SMILES string of the molecule is NC(=NCCc1cn2c(n1)CCCC2)Nc1cccc2c1CCCC2. The lowest BCUT2D eigenvalue weighted by Gasteiger charge is -2.19. The van der Waals surface area contributed by atoms with Crippen molar-refractivity contribution in [2.45, 2.75) is 57.9 Å². The summed E-state index contributed by atoms with van der Waals surface area (Å²) in [6, 6.07) is 6.44. The summed E-state index contributed by atoms with van der Waals surface area (Å²) in [5, 5.41) is 3.31. The first kappa shape index (κ1) is 16.2. The number of hydrogen-bond acceptors (Lipinski definition) is 2. The van der Waals surface area contributed by atoms with Crippen LogP contribution in [-0.2, 0) is 32.2 Å². The van der Waals surface area contributed by atoms with Crippen LogP contribution in [0.5, 0.6) is 0 Å². The van der Waals surface area contributed by atoms with E-state index in [4.69, 9.17) is 10.7 Å². The van der Waals surface area contributed by atoms with E-state index < -0.39 is 0 Å². The summed E-state index contributed by atoms with van der Waals surface area (Å²) < 4.78 is 2.29. The molecule has 1 aliphatic carbocycles. The number of aromatic nitrogens is 2. The number of hydrogen-bond donors (Lipinski definition) is 2. The number of benzene rings is 1. The van der Waals surface area contributed by atoms with Crippen LogP contribution >= 0.6 is 0 Å². The van der Waals surface area contributed by atoms with Crippen LogP contribution in [0.3, 0.4) is 0 Å². The van der Waals surface area contributed by atoms with Gasteiger partial charge in [-0.15, -0.1) is 0 Å². The van der Waals surface area contributed by atoms with Gasteiger partial charge in [0.1, 0.15) is 5.82 Å². The summed E-state index contributed by atoms with van der Waals surface area (Å²) in [6.45, 7) is 1.78. The fourth-order valence-electron chi connectivity index (χ4n) is 3.96. The van der Waals surface area contributed by atoms with E-state index in [0.29, 0.717) is 12.5 Å². The van der Waals surface area contributed by atoms with Gasteiger partial charge in [-0.3, -0.25) is 4.99 Å². The van der Waals surface area contributed by atoms with Crippen molar-refractivity contribution in [1.29, 1.82) is 0 Å². The predicted molar refractivity (Wildman–Crippen MR) is 102 cm³/mol. The van der Waals surface area contributed by atoms with E-state index in [9.17, 15) is 0 Å². The normalized spacial score (nSPS) is 17.0. The first-order valence-electron chi connectivity index (χ1n) is 9.52. The fourth-order valence-corrected chi connectivity index (χ4v) is 3.96. The predicted octanol–water partition coefficient (Wildman–Crippen LogP) is 3.07. The summed E-state index contributed by atoms with van der Waals surface area (Å²) >= 11 is 0. The van der Waals surface area contributed by atoms with E-state index in [0.717, 1.165) is 37.2 Å². The molecular weight excluding hydrogens is 310 g/mol. The third-order valence-electron chi connectivity index (χ3n) is 5.27. The molecule has 0 radical (unpaired) electrons. The topological polar surface area (TPSA) is 68.2 Å². The Balaban J connectivity index is 1.37. The molecule has 0 amide bonds. The number of rotatable bonds is 4. The second-order valence-electron chi connectivity index (χ2n) is 7.09. The highest BCUT2D eigenvalue weighted by Gasteiger charge is 2.14. The van der Waals surface area contributed by atoms with Crippen LogP contribution in [0.2, 0.25) is 0 Å². The van der Waals surface area contributed by atoms with E-state index in [-0.39, 0.29) is 0 Å². The number of nitrogens with zero attached hydrogens (tertiary/aromatic N) is 3. The second-order valence-corrected chi connectivity index (χ2v) is 7.09. The van der Waals surface area contributed by atoms with Crippen molar-refractivity contribution in [2.75, 3.05) is 11.9 Å². The summed E-state index contributed by atoms with van der Waals surface area (Å²) in [5.41, 5.74) is 11.2. The molecule has 5 nitrogen and oxygen atoms in total. The maximum atomic E-state index is 6.11. The van der Waals surface area contributed by atoms with Gasteiger partial charge in [-0.1, -0.05) is 12.1 Å². The number of guanidine groups is 1. The van der Waals surface area contributed by atoms with Gasteiger partial charge in [0.05, 0.1) is 5.69 Å². The largest absolute Gasteiger partial charge is 0.370 e. The number of imidazole rings is 1. The number of aryl methyl sites for hydroxylation is 3. The Morgan fingerprint density at radius 3 is 2.96 bits per heavy atom. The molecule has 1 aromatic heterocycles. The summed E-state index contributed by atoms with van der Waals surface area (Å²) in [4.78, 5) is 9.23. The van der Waals surface area contributed by atoms with Gasteiger partial charge in [-0.25, -0.2) is 4.98 Å². The van der Waals surface area contributed by atoms with Gasteiger partial charge in [-0.2, -0.15) is 0 Å². The van der Waals surface area contributed by atoms with Gasteiger partial charge in [-0.05, 0) is 55.7 Å². The van der Waals surface area contributed by atoms with E-state index in [1.807, 2.05) is 0 Å². The van der Waals surface area contributed by atoms with Crippen molar-refractivity contribution in [3.63, 3.8) is 0 Å². The molecule has 1 aliphatic heterocycles. The lowest BCUT2D eigenvalue weighted by Crippen LogP contribution is -2.24. The van der Waals surface area contributed by atoms with E-state index >= 15 is 0 Å². The van der Waals surface area contributed by atoms with Crippen molar-refractivity contribution in [3.05, 3.63) is 47.0 Å². The molecule has 25 heavy (non-hydrogen) atoms. The third kappa shape index (κ3) is 3.70. The van der Waals surface area contributed by atoms with Gasteiger partial charge in [0.15, 0.2) is 5.96 Å². The first-order valence-corrected chi connectivity index (χ1v) is 9.52. The Morgan fingerprint density at radius 1 is 1.16 bits per heavy atom. The molecule has 2 aromatic rings. The molecule has 0 saturated heterocycles. The van der Waals surface area contributed by atoms with Crippen LogP contribution in [0.25, 0.3) is 0 Å². The van der Waals surface area contributed by atoms with E-state index in [1.54, 1.807) is 0 Å². The minimum atomic E-state index is 0.503. The van der Waals surface area contributed by atoms with Gasteiger partial charge in [0.25, 0.3) is 0 Å². The molecule has 0 fully saturated rings. The lowest BCUT2D eigenvalue weighted by atomic mass is 9.90. The number of fused-ring (bicyclic) bond motifs is 2. The summed E-state index contributed by atoms with van der Waals surface area (Å²) in [5.74, 6) is 1.73. The van der Waals surface area contributed by atoms with Crippen LogP contribution in [-0.4, -0.2) is 22.1 Å². The molecule has 132 valence electrons. The maximum Gasteiger partial charge on any atom is 0.193 e. The minimum absolute atomic E-state index is 0.503. The minimum Gasteiger partial charge on any atom is -0.370 e. The summed E-state index contributed by atoms with van der Waals surface area (Å²) in [6.07, 6.45) is 11.5. The zero-order valence-corrected chi connectivity index (χ0v) is 14.8. The Morgan fingerprint density at radius 2 is 2.04 bits per heavy atom. The third-order valence-corrected chi connectivity index (χ3v) is 5.27. The molecule has 0 unspecified atom stereocenters.